The molecule has 0 saturated carbocycles. The van der Waals surface area contributed by atoms with Crippen LogP contribution in [0, 0.1) is 5.82 Å². The normalized spacial score (nSPS) is 10.6. The molecule has 0 saturated heterocycles. The molecule has 0 aliphatic heterocycles. The Morgan fingerprint density at radius 1 is 1.43 bits per heavy atom. The van der Waals surface area contributed by atoms with Crippen LogP contribution >= 0.6 is 15.9 Å². The van der Waals surface area contributed by atoms with E-state index in [0.717, 1.165) is 24.9 Å². The lowest BCUT2D eigenvalue weighted by Gasteiger charge is -2.07. The van der Waals surface area contributed by atoms with Crippen LogP contribution in [0.15, 0.2) is 16.6 Å². The maximum absolute atomic E-state index is 13.6. The smallest absolute Gasteiger partial charge is 0.140 e. The highest BCUT2D eigenvalue weighted by Crippen LogP contribution is 2.22. The molecule has 78 valence electrons. The molecule has 0 aliphatic carbocycles. The monoisotopic (exact) mass is 259 g/mol. The van der Waals surface area contributed by atoms with Crippen molar-refractivity contribution in [3.63, 3.8) is 0 Å². The van der Waals surface area contributed by atoms with E-state index in [1.54, 1.807) is 0 Å². The number of hydrogen-bond donors (Lipinski definition) is 1. The molecule has 0 heterocycles. The molecule has 0 atom stereocenters. The molecule has 3 heteroatoms. The minimum atomic E-state index is -0.127. The SMILES string of the molecule is CCc1cc(Br)c(F)c(CCNC)c1. The van der Waals surface area contributed by atoms with Gasteiger partial charge in [0.05, 0.1) is 4.47 Å². The van der Waals surface area contributed by atoms with Gasteiger partial charge in [0.2, 0.25) is 0 Å². The Labute approximate surface area is 92.8 Å². The van der Waals surface area contributed by atoms with Crippen molar-refractivity contribution >= 4 is 15.9 Å². The minimum Gasteiger partial charge on any atom is -0.319 e. The average Bonchev–Trinajstić information content (AvgIpc) is 2.20. The van der Waals surface area contributed by atoms with Crippen LogP contribution in [0.2, 0.25) is 0 Å². The van der Waals surface area contributed by atoms with Crippen molar-refractivity contribution in [1.29, 1.82) is 0 Å². The third-order valence-corrected chi connectivity index (χ3v) is 2.79. The summed E-state index contributed by atoms with van der Waals surface area (Å²) in [6.07, 6.45) is 1.67. The van der Waals surface area contributed by atoms with Crippen molar-refractivity contribution < 1.29 is 4.39 Å². The molecule has 14 heavy (non-hydrogen) atoms. The molecule has 1 rings (SSSR count). The number of aryl methyl sites for hydroxylation is 1. The van der Waals surface area contributed by atoms with E-state index in [2.05, 4.69) is 28.2 Å². The van der Waals surface area contributed by atoms with E-state index in [9.17, 15) is 4.39 Å². The molecule has 1 aromatic rings. The van der Waals surface area contributed by atoms with Gasteiger partial charge in [0.25, 0.3) is 0 Å². The summed E-state index contributed by atoms with van der Waals surface area (Å²) in [6.45, 7) is 2.87. The zero-order valence-corrected chi connectivity index (χ0v) is 10.1. The standard InChI is InChI=1S/C11H15BrFN/c1-3-8-6-9(4-5-14-2)11(13)10(12)7-8/h6-7,14H,3-5H2,1-2H3. The Morgan fingerprint density at radius 2 is 2.14 bits per heavy atom. The number of rotatable bonds is 4. The van der Waals surface area contributed by atoms with Crippen LogP contribution in [0.5, 0.6) is 0 Å². The van der Waals surface area contributed by atoms with Gasteiger partial charge in [-0.15, -0.1) is 0 Å². The Hall–Kier alpha value is -0.410. The molecule has 1 nitrogen and oxygen atoms in total. The quantitative estimate of drug-likeness (QED) is 0.877. The van der Waals surface area contributed by atoms with E-state index in [1.165, 1.54) is 5.56 Å². The lowest BCUT2D eigenvalue weighted by Crippen LogP contribution is -2.11. The fourth-order valence-corrected chi connectivity index (χ4v) is 1.90. The predicted octanol–water partition coefficient (Wildman–Crippen LogP) is 2.91. The molecule has 0 fully saturated rings. The van der Waals surface area contributed by atoms with E-state index in [1.807, 2.05) is 19.2 Å². The first-order valence-electron chi connectivity index (χ1n) is 4.80. The van der Waals surface area contributed by atoms with Gasteiger partial charge in [0.15, 0.2) is 0 Å². The topological polar surface area (TPSA) is 12.0 Å². The molecule has 0 spiro atoms. The van der Waals surface area contributed by atoms with Crippen LogP contribution in [0.25, 0.3) is 0 Å². The number of likely N-dealkylation sites (N-methyl/N-ethyl adjacent to an activating group) is 1. The van der Waals surface area contributed by atoms with Gasteiger partial charge >= 0.3 is 0 Å². The Morgan fingerprint density at radius 3 is 2.71 bits per heavy atom. The number of halogens is 2. The van der Waals surface area contributed by atoms with Crippen LogP contribution in [0.1, 0.15) is 18.1 Å². The van der Waals surface area contributed by atoms with Gasteiger partial charge in [-0.05, 0) is 59.6 Å². The van der Waals surface area contributed by atoms with Crippen LogP contribution in [0.3, 0.4) is 0 Å². The average molecular weight is 260 g/mol. The van der Waals surface area contributed by atoms with Gasteiger partial charge in [-0.2, -0.15) is 0 Å². The number of hydrogen-bond acceptors (Lipinski definition) is 1. The largest absolute Gasteiger partial charge is 0.319 e. The summed E-state index contributed by atoms with van der Waals surface area (Å²) in [5.74, 6) is -0.127. The number of nitrogens with one attached hydrogen (secondary N) is 1. The van der Waals surface area contributed by atoms with E-state index in [-0.39, 0.29) is 5.82 Å². The first kappa shape index (κ1) is 11.7. The lowest BCUT2D eigenvalue weighted by molar-refractivity contribution is 0.597. The van der Waals surface area contributed by atoms with Crippen molar-refractivity contribution in [2.75, 3.05) is 13.6 Å². The fourth-order valence-electron chi connectivity index (χ4n) is 1.35. The molecule has 1 N–H and O–H groups in total. The van der Waals surface area contributed by atoms with Crippen molar-refractivity contribution in [1.82, 2.24) is 5.32 Å². The maximum Gasteiger partial charge on any atom is 0.140 e. The minimum absolute atomic E-state index is 0.127. The van der Waals surface area contributed by atoms with Crippen molar-refractivity contribution in [2.45, 2.75) is 19.8 Å². The third kappa shape index (κ3) is 2.79. The van der Waals surface area contributed by atoms with E-state index >= 15 is 0 Å². The Balaban J connectivity index is 2.95. The highest BCUT2D eigenvalue weighted by molar-refractivity contribution is 9.10. The summed E-state index contributed by atoms with van der Waals surface area (Å²) in [4.78, 5) is 0. The van der Waals surface area contributed by atoms with E-state index in [4.69, 9.17) is 0 Å². The van der Waals surface area contributed by atoms with E-state index in [0.29, 0.717) is 4.47 Å². The maximum atomic E-state index is 13.6. The second-order valence-electron chi connectivity index (χ2n) is 3.26. The van der Waals surface area contributed by atoms with Crippen molar-refractivity contribution in [3.8, 4) is 0 Å². The van der Waals surface area contributed by atoms with Gasteiger partial charge in [-0.1, -0.05) is 13.0 Å². The molecule has 0 aromatic heterocycles. The zero-order valence-electron chi connectivity index (χ0n) is 8.53. The Kier molecular flexibility index (Phi) is 4.55. The summed E-state index contributed by atoms with van der Waals surface area (Å²) < 4.78 is 14.1. The molecule has 0 amide bonds. The van der Waals surface area contributed by atoms with Gasteiger partial charge < -0.3 is 5.32 Å². The van der Waals surface area contributed by atoms with Gasteiger partial charge in [0, 0.05) is 0 Å². The molecular weight excluding hydrogens is 245 g/mol. The van der Waals surface area contributed by atoms with Crippen molar-refractivity contribution in [3.05, 3.63) is 33.5 Å². The first-order chi connectivity index (χ1) is 6.69. The van der Waals surface area contributed by atoms with Gasteiger partial charge in [-0.25, -0.2) is 4.39 Å². The van der Waals surface area contributed by atoms with Crippen LogP contribution in [-0.4, -0.2) is 13.6 Å². The first-order valence-corrected chi connectivity index (χ1v) is 5.59. The van der Waals surface area contributed by atoms with Crippen molar-refractivity contribution in [2.24, 2.45) is 0 Å². The third-order valence-electron chi connectivity index (χ3n) is 2.22. The fraction of sp³-hybridized carbons (Fsp3) is 0.455. The second-order valence-corrected chi connectivity index (χ2v) is 4.11. The lowest BCUT2D eigenvalue weighted by atomic mass is 10.1. The molecule has 0 aliphatic rings. The summed E-state index contributed by atoms with van der Waals surface area (Å²) in [5, 5.41) is 3.02. The van der Waals surface area contributed by atoms with Crippen LogP contribution in [-0.2, 0) is 12.8 Å². The molecule has 0 unspecified atom stereocenters. The summed E-state index contributed by atoms with van der Waals surface area (Å²) in [7, 11) is 1.87. The molecule has 0 radical (unpaired) electrons. The predicted molar refractivity (Wildman–Crippen MR) is 61.1 cm³/mol. The molecular formula is C11H15BrFN. The molecule has 1 aromatic carbocycles. The van der Waals surface area contributed by atoms with Crippen LogP contribution < -0.4 is 5.32 Å². The Bertz CT molecular complexity index is 312. The zero-order chi connectivity index (χ0) is 10.6. The highest BCUT2D eigenvalue weighted by Gasteiger charge is 2.07. The van der Waals surface area contributed by atoms with E-state index < -0.39 is 0 Å². The second kappa shape index (κ2) is 5.47. The van der Waals surface area contributed by atoms with Gasteiger partial charge in [0.1, 0.15) is 5.82 Å². The highest BCUT2D eigenvalue weighted by atomic mass is 79.9. The molecule has 0 bridgehead atoms. The number of benzene rings is 1. The van der Waals surface area contributed by atoms with Gasteiger partial charge in [-0.3, -0.25) is 0 Å². The summed E-state index contributed by atoms with van der Waals surface area (Å²) in [5.41, 5.74) is 1.95. The summed E-state index contributed by atoms with van der Waals surface area (Å²) >= 11 is 3.23. The van der Waals surface area contributed by atoms with Crippen LogP contribution in [0.4, 0.5) is 4.39 Å². The summed E-state index contributed by atoms with van der Waals surface area (Å²) in [6, 6.07) is 3.79.